The molecule has 0 aliphatic rings. The van der Waals surface area contributed by atoms with Crippen LogP contribution in [0.2, 0.25) is 0 Å². The maximum Gasteiger partial charge on any atom is 0.227 e. The van der Waals surface area contributed by atoms with Crippen molar-refractivity contribution in [3.05, 3.63) is 42.3 Å². The van der Waals surface area contributed by atoms with Crippen molar-refractivity contribution in [2.75, 3.05) is 6.54 Å². The average molecular weight is 218 g/mol. The van der Waals surface area contributed by atoms with Gasteiger partial charge in [0.1, 0.15) is 0 Å². The molecule has 0 aliphatic heterocycles. The van der Waals surface area contributed by atoms with E-state index in [2.05, 4.69) is 27.4 Å². The summed E-state index contributed by atoms with van der Waals surface area (Å²) in [7, 11) is 0. The molecule has 1 atom stereocenters. The van der Waals surface area contributed by atoms with Gasteiger partial charge < -0.3 is 9.84 Å². The molecule has 0 aromatic carbocycles. The fraction of sp³-hybridized carbons (Fsp3) is 0.364. The van der Waals surface area contributed by atoms with E-state index in [-0.39, 0.29) is 6.04 Å². The molecule has 1 N–H and O–H groups in total. The maximum absolute atomic E-state index is 4.90. The largest absolute Gasteiger partial charge is 0.340 e. The quantitative estimate of drug-likeness (QED) is 0.820. The first-order valence-electron chi connectivity index (χ1n) is 5.26. The highest BCUT2D eigenvalue weighted by Gasteiger charge is 2.05. The van der Waals surface area contributed by atoms with Crippen LogP contribution >= 0.6 is 0 Å². The molecule has 16 heavy (non-hydrogen) atoms. The summed E-state index contributed by atoms with van der Waals surface area (Å²) in [4.78, 5) is 8.23. The third-order valence-corrected chi connectivity index (χ3v) is 2.33. The molecule has 0 fully saturated rings. The molecular weight excluding hydrogens is 204 g/mol. The fourth-order valence-electron chi connectivity index (χ4n) is 1.44. The number of rotatable bonds is 5. The van der Waals surface area contributed by atoms with Crippen LogP contribution in [0.4, 0.5) is 0 Å². The van der Waals surface area contributed by atoms with Crippen LogP contribution in [-0.4, -0.2) is 21.7 Å². The summed E-state index contributed by atoms with van der Waals surface area (Å²) in [5, 5.41) is 6.90. The first-order chi connectivity index (χ1) is 7.86. The van der Waals surface area contributed by atoms with Gasteiger partial charge in [-0.2, -0.15) is 4.98 Å². The average Bonchev–Trinajstić information content (AvgIpc) is 2.83. The van der Waals surface area contributed by atoms with Crippen LogP contribution in [-0.2, 0) is 6.42 Å². The normalized spacial score (nSPS) is 12.6. The summed E-state index contributed by atoms with van der Waals surface area (Å²) < 4.78 is 4.90. The van der Waals surface area contributed by atoms with E-state index in [1.54, 1.807) is 6.20 Å². The van der Waals surface area contributed by atoms with E-state index in [4.69, 9.17) is 4.52 Å². The predicted octanol–water partition coefficient (Wildman–Crippen LogP) is 1.36. The first kappa shape index (κ1) is 10.8. The molecule has 5 heteroatoms. The van der Waals surface area contributed by atoms with Gasteiger partial charge in [0, 0.05) is 25.2 Å². The van der Waals surface area contributed by atoms with Gasteiger partial charge in [0.15, 0.2) is 6.33 Å². The zero-order valence-electron chi connectivity index (χ0n) is 9.13. The molecule has 0 aliphatic carbocycles. The number of pyridine rings is 1. The number of nitrogens with one attached hydrogen (secondary N) is 1. The minimum absolute atomic E-state index is 0.226. The lowest BCUT2D eigenvalue weighted by molar-refractivity contribution is 0.372. The maximum atomic E-state index is 4.90. The van der Waals surface area contributed by atoms with Gasteiger partial charge in [-0.25, -0.2) is 0 Å². The monoisotopic (exact) mass is 218 g/mol. The van der Waals surface area contributed by atoms with Crippen LogP contribution in [0.5, 0.6) is 0 Å². The van der Waals surface area contributed by atoms with Crippen molar-refractivity contribution in [2.45, 2.75) is 19.4 Å². The molecule has 0 radical (unpaired) electrons. The Morgan fingerprint density at radius 1 is 1.38 bits per heavy atom. The highest BCUT2D eigenvalue weighted by atomic mass is 16.5. The molecule has 0 bridgehead atoms. The Bertz CT molecular complexity index is 401. The van der Waals surface area contributed by atoms with Gasteiger partial charge >= 0.3 is 0 Å². The summed E-state index contributed by atoms with van der Waals surface area (Å²) in [5.74, 6) is 0.653. The predicted molar refractivity (Wildman–Crippen MR) is 58.7 cm³/mol. The van der Waals surface area contributed by atoms with Crippen molar-refractivity contribution in [2.24, 2.45) is 0 Å². The van der Waals surface area contributed by atoms with Gasteiger partial charge in [-0.15, -0.1) is 0 Å². The van der Waals surface area contributed by atoms with Crippen molar-refractivity contribution in [1.29, 1.82) is 0 Å². The Kier molecular flexibility index (Phi) is 3.61. The highest BCUT2D eigenvalue weighted by Crippen LogP contribution is 2.07. The molecule has 2 aromatic rings. The van der Waals surface area contributed by atoms with Crippen molar-refractivity contribution >= 4 is 0 Å². The van der Waals surface area contributed by atoms with E-state index in [1.807, 2.05) is 18.2 Å². The van der Waals surface area contributed by atoms with E-state index in [1.165, 1.54) is 6.33 Å². The first-order valence-corrected chi connectivity index (χ1v) is 5.26. The summed E-state index contributed by atoms with van der Waals surface area (Å²) in [5.41, 5.74) is 1.04. The molecular formula is C11H14N4O. The second kappa shape index (κ2) is 5.37. The summed E-state index contributed by atoms with van der Waals surface area (Å²) in [6.07, 6.45) is 3.94. The van der Waals surface area contributed by atoms with Gasteiger partial charge in [-0.05, 0) is 19.1 Å². The minimum Gasteiger partial charge on any atom is -0.340 e. The van der Waals surface area contributed by atoms with Gasteiger partial charge in [0.05, 0.1) is 5.69 Å². The van der Waals surface area contributed by atoms with Crippen molar-refractivity contribution in [3.8, 4) is 0 Å². The van der Waals surface area contributed by atoms with Crippen LogP contribution in [0.3, 0.4) is 0 Å². The van der Waals surface area contributed by atoms with Crippen LogP contribution < -0.4 is 5.32 Å². The lowest BCUT2D eigenvalue weighted by Gasteiger charge is -2.11. The van der Waals surface area contributed by atoms with E-state index >= 15 is 0 Å². The molecule has 0 amide bonds. The Balaban J connectivity index is 1.78. The number of hydrogen-bond acceptors (Lipinski definition) is 5. The minimum atomic E-state index is 0.226. The van der Waals surface area contributed by atoms with Gasteiger partial charge in [0.2, 0.25) is 5.89 Å². The van der Waals surface area contributed by atoms with Crippen LogP contribution in [0.15, 0.2) is 35.2 Å². The standard InChI is InChI=1S/C11H14N4O/c1-9(10-4-2-3-6-13-10)12-7-5-11-14-8-15-16-11/h2-4,6,8-9,12H,5,7H2,1H3. The van der Waals surface area contributed by atoms with E-state index in [0.29, 0.717) is 5.89 Å². The van der Waals surface area contributed by atoms with Crippen LogP contribution in [0.1, 0.15) is 24.6 Å². The molecule has 0 saturated carbocycles. The fourth-order valence-corrected chi connectivity index (χ4v) is 1.44. The highest BCUT2D eigenvalue weighted by molar-refractivity contribution is 5.07. The van der Waals surface area contributed by atoms with Gasteiger partial charge in [-0.3, -0.25) is 4.98 Å². The van der Waals surface area contributed by atoms with E-state index < -0.39 is 0 Å². The number of hydrogen-bond donors (Lipinski definition) is 1. The van der Waals surface area contributed by atoms with Crippen molar-refractivity contribution in [3.63, 3.8) is 0 Å². The summed E-state index contributed by atoms with van der Waals surface area (Å²) in [6, 6.07) is 6.13. The lowest BCUT2D eigenvalue weighted by atomic mass is 10.2. The topological polar surface area (TPSA) is 63.8 Å². The summed E-state index contributed by atoms with van der Waals surface area (Å²) >= 11 is 0. The van der Waals surface area contributed by atoms with Crippen molar-refractivity contribution < 1.29 is 4.52 Å². The smallest absolute Gasteiger partial charge is 0.227 e. The van der Waals surface area contributed by atoms with Gasteiger partial charge in [-0.1, -0.05) is 11.2 Å². The molecule has 0 spiro atoms. The molecule has 1 unspecified atom stereocenters. The van der Waals surface area contributed by atoms with E-state index in [0.717, 1.165) is 18.7 Å². The zero-order valence-corrected chi connectivity index (χ0v) is 9.13. The third kappa shape index (κ3) is 2.87. The Hall–Kier alpha value is -1.75. The molecule has 0 saturated heterocycles. The lowest BCUT2D eigenvalue weighted by Crippen LogP contribution is -2.22. The van der Waals surface area contributed by atoms with E-state index in [9.17, 15) is 0 Å². The second-order valence-corrected chi connectivity index (χ2v) is 3.52. The van der Waals surface area contributed by atoms with Gasteiger partial charge in [0.25, 0.3) is 0 Å². The molecule has 5 nitrogen and oxygen atoms in total. The summed E-state index contributed by atoms with van der Waals surface area (Å²) in [6.45, 7) is 2.87. The second-order valence-electron chi connectivity index (χ2n) is 3.52. The third-order valence-electron chi connectivity index (χ3n) is 2.33. The molecule has 2 heterocycles. The Morgan fingerprint density at radius 2 is 2.31 bits per heavy atom. The Morgan fingerprint density at radius 3 is 3.00 bits per heavy atom. The SMILES string of the molecule is CC(NCCc1ncno1)c1ccccn1. The molecule has 2 rings (SSSR count). The zero-order chi connectivity index (χ0) is 11.2. The van der Waals surface area contributed by atoms with Crippen LogP contribution in [0.25, 0.3) is 0 Å². The number of aromatic nitrogens is 3. The van der Waals surface area contributed by atoms with Crippen LogP contribution in [0, 0.1) is 0 Å². The molecule has 2 aromatic heterocycles. The van der Waals surface area contributed by atoms with Crippen molar-refractivity contribution in [1.82, 2.24) is 20.4 Å². The Labute approximate surface area is 93.9 Å². The molecule has 84 valence electrons. The number of nitrogens with zero attached hydrogens (tertiary/aromatic N) is 3.